The number of halogens is 1. The smallest absolute Gasteiger partial charge is 0.146 e. The molecule has 1 aliphatic rings. The van der Waals surface area contributed by atoms with Crippen molar-refractivity contribution < 1.29 is 4.39 Å². The molecule has 3 heteroatoms. The Morgan fingerprint density at radius 1 is 1.56 bits per heavy atom. The van der Waals surface area contributed by atoms with E-state index in [0.717, 1.165) is 18.8 Å². The Balaban J connectivity index is 2.08. The van der Waals surface area contributed by atoms with Crippen molar-refractivity contribution in [3.63, 3.8) is 0 Å². The molecule has 0 radical (unpaired) electrons. The summed E-state index contributed by atoms with van der Waals surface area (Å²) in [7, 11) is 0. The van der Waals surface area contributed by atoms with E-state index in [1.54, 1.807) is 12.3 Å². The first-order valence-electron chi connectivity index (χ1n) is 6.07. The van der Waals surface area contributed by atoms with Crippen molar-refractivity contribution in [1.29, 1.82) is 0 Å². The Morgan fingerprint density at radius 3 is 3.00 bits per heavy atom. The molecule has 3 atom stereocenters. The molecule has 1 aromatic heterocycles. The summed E-state index contributed by atoms with van der Waals surface area (Å²) in [5.41, 5.74) is 6.77. The quantitative estimate of drug-likeness (QED) is 0.853. The fraction of sp³-hybridized carbons (Fsp3) is 0.615. The molecule has 0 saturated heterocycles. The van der Waals surface area contributed by atoms with Crippen molar-refractivity contribution in [1.82, 2.24) is 4.98 Å². The van der Waals surface area contributed by atoms with Crippen LogP contribution in [0.4, 0.5) is 4.39 Å². The maximum absolute atomic E-state index is 13.5. The first-order valence-corrected chi connectivity index (χ1v) is 6.07. The molecule has 0 spiro atoms. The van der Waals surface area contributed by atoms with Gasteiger partial charge >= 0.3 is 0 Å². The van der Waals surface area contributed by atoms with Gasteiger partial charge in [-0.15, -0.1) is 0 Å². The zero-order valence-corrected chi connectivity index (χ0v) is 9.70. The maximum Gasteiger partial charge on any atom is 0.146 e. The molecular weight excluding hydrogens is 203 g/mol. The predicted molar refractivity (Wildman–Crippen MR) is 62.2 cm³/mol. The van der Waals surface area contributed by atoms with Crippen molar-refractivity contribution in [3.8, 4) is 0 Å². The molecule has 88 valence electrons. The molecule has 1 heterocycles. The normalized spacial score (nSPS) is 26.9. The predicted octanol–water partition coefficient (Wildman–Crippen LogP) is 3.05. The lowest BCUT2D eigenvalue weighted by atomic mass is 9.91. The highest BCUT2D eigenvalue weighted by atomic mass is 19.1. The summed E-state index contributed by atoms with van der Waals surface area (Å²) in [5, 5.41) is 0. The summed E-state index contributed by atoms with van der Waals surface area (Å²) in [4.78, 5) is 3.75. The molecule has 2 nitrogen and oxygen atoms in total. The second kappa shape index (κ2) is 4.91. The van der Waals surface area contributed by atoms with Gasteiger partial charge in [0.05, 0.1) is 6.20 Å². The number of aromatic nitrogens is 1. The second-order valence-corrected chi connectivity index (χ2v) is 4.77. The Kier molecular flexibility index (Phi) is 3.54. The van der Waals surface area contributed by atoms with Crippen LogP contribution in [0.1, 0.15) is 44.2 Å². The van der Waals surface area contributed by atoms with E-state index in [9.17, 15) is 4.39 Å². The third kappa shape index (κ3) is 2.24. The van der Waals surface area contributed by atoms with E-state index >= 15 is 0 Å². The summed E-state index contributed by atoms with van der Waals surface area (Å²) < 4.78 is 13.5. The maximum atomic E-state index is 13.5. The number of nitrogens with zero attached hydrogens (tertiary/aromatic N) is 1. The first kappa shape index (κ1) is 11.5. The minimum atomic E-state index is -0.269. The van der Waals surface area contributed by atoms with Crippen molar-refractivity contribution in [2.75, 3.05) is 0 Å². The topological polar surface area (TPSA) is 38.9 Å². The summed E-state index contributed by atoms with van der Waals surface area (Å²) in [6, 6.07) is 1.54. The monoisotopic (exact) mass is 222 g/mol. The van der Waals surface area contributed by atoms with Gasteiger partial charge < -0.3 is 5.73 Å². The molecule has 16 heavy (non-hydrogen) atoms. The molecular formula is C13H19FN2. The number of nitrogens with two attached hydrogens (primary N) is 1. The van der Waals surface area contributed by atoms with Crippen LogP contribution in [0, 0.1) is 17.7 Å². The Morgan fingerprint density at radius 2 is 2.38 bits per heavy atom. The van der Waals surface area contributed by atoms with Crippen LogP contribution < -0.4 is 5.73 Å². The molecule has 1 aliphatic carbocycles. The van der Waals surface area contributed by atoms with Gasteiger partial charge in [0.25, 0.3) is 0 Å². The fourth-order valence-electron chi connectivity index (χ4n) is 2.72. The molecule has 0 amide bonds. The van der Waals surface area contributed by atoms with Crippen LogP contribution in [0.2, 0.25) is 0 Å². The Hall–Kier alpha value is -0.960. The standard InChI is InChI=1S/C13H19FN2/c1-2-9-3-4-10(7-9)13(15)11-5-6-16-8-12(11)14/h5-6,8-10,13H,2-4,7,15H2,1H3. The summed E-state index contributed by atoms with van der Waals surface area (Å²) in [6.45, 7) is 2.21. The number of hydrogen-bond acceptors (Lipinski definition) is 2. The molecule has 1 fully saturated rings. The Labute approximate surface area is 96.1 Å². The highest BCUT2D eigenvalue weighted by Crippen LogP contribution is 2.39. The summed E-state index contributed by atoms with van der Waals surface area (Å²) in [6.07, 6.45) is 7.58. The van der Waals surface area contributed by atoms with E-state index < -0.39 is 0 Å². The van der Waals surface area contributed by atoms with E-state index in [1.165, 1.54) is 19.0 Å². The summed E-state index contributed by atoms with van der Waals surface area (Å²) in [5.74, 6) is 0.942. The van der Waals surface area contributed by atoms with Gasteiger partial charge in [-0.1, -0.05) is 19.8 Å². The van der Waals surface area contributed by atoms with Gasteiger partial charge in [0.1, 0.15) is 5.82 Å². The zero-order valence-electron chi connectivity index (χ0n) is 9.70. The van der Waals surface area contributed by atoms with Gasteiger partial charge in [0, 0.05) is 17.8 Å². The average molecular weight is 222 g/mol. The van der Waals surface area contributed by atoms with Crippen LogP contribution >= 0.6 is 0 Å². The van der Waals surface area contributed by atoms with E-state index in [-0.39, 0.29) is 11.9 Å². The minimum absolute atomic E-state index is 0.167. The lowest BCUT2D eigenvalue weighted by Crippen LogP contribution is -2.20. The van der Waals surface area contributed by atoms with Crippen LogP contribution in [0.25, 0.3) is 0 Å². The second-order valence-electron chi connectivity index (χ2n) is 4.77. The van der Waals surface area contributed by atoms with Crippen molar-refractivity contribution >= 4 is 0 Å². The van der Waals surface area contributed by atoms with E-state index in [1.807, 2.05) is 0 Å². The molecule has 0 bridgehead atoms. The van der Waals surface area contributed by atoms with Crippen molar-refractivity contribution in [2.45, 2.75) is 38.6 Å². The molecule has 0 aromatic carbocycles. The van der Waals surface area contributed by atoms with Gasteiger partial charge in [-0.25, -0.2) is 4.39 Å². The SMILES string of the molecule is CCC1CCC(C(N)c2ccncc2F)C1. The third-order valence-electron chi connectivity index (χ3n) is 3.83. The van der Waals surface area contributed by atoms with E-state index in [0.29, 0.717) is 11.5 Å². The highest BCUT2D eigenvalue weighted by Gasteiger charge is 2.29. The van der Waals surface area contributed by atoms with Gasteiger partial charge in [-0.05, 0) is 30.7 Å². The molecule has 3 unspecified atom stereocenters. The van der Waals surface area contributed by atoms with Crippen LogP contribution in [0.15, 0.2) is 18.5 Å². The van der Waals surface area contributed by atoms with E-state index in [2.05, 4.69) is 11.9 Å². The van der Waals surface area contributed by atoms with Crippen molar-refractivity contribution in [3.05, 3.63) is 29.8 Å². The highest BCUT2D eigenvalue weighted by molar-refractivity contribution is 5.18. The number of rotatable bonds is 3. The third-order valence-corrected chi connectivity index (χ3v) is 3.83. The van der Waals surface area contributed by atoms with Gasteiger partial charge in [-0.2, -0.15) is 0 Å². The number of hydrogen-bond donors (Lipinski definition) is 1. The molecule has 1 saturated carbocycles. The molecule has 2 N–H and O–H groups in total. The largest absolute Gasteiger partial charge is 0.324 e. The average Bonchev–Trinajstić information content (AvgIpc) is 2.77. The Bertz CT molecular complexity index is 354. The van der Waals surface area contributed by atoms with Crippen LogP contribution in [-0.4, -0.2) is 4.98 Å². The van der Waals surface area contributed by atoms with Crippen LogP contribution in [0.5, 0.6) is 0 Å². The molecule has 1 aromatic rings. The lowest BCUT2D eigenvalue weighted by Gasteiger charge is -2.20. The zero-order chi connectivity index (χ0) is 11.5. The summed E-state index contributed by atoms with van der Waals surface area (Å²) >= 11 is 0. The lowest BCUT2D eigenvalue weighted by molar-refractivity contribution is 0.405. The first-order chi connectivity index (χ1) is 7.72. The number of pyridine rings is 1. The van der Waals surface area contributed by atoms with Gasteiger partial charge in [-0.3, -0.25) is 4.98 Å². The van der Waals surface area contributed by atoms with Crippen LogP contribution in [0.3, 0.4) is 0 Å². The van der Waals surface area contributed by atoms with Crippen molar-refractivity contribution in [2.24, 2.45) is 17.6 Å². The molecule has 2 rings (SSSR count). The minimum Gasteiger partial charge on any atom is -0.324 e. The fourth-order valence-corrected chi connectivity index (χ4v) is 2.72. The van der Waals surface area contributed by atoms with Gasteiger partial charge in [0.15, 0.2) is 0 Å². The van der Waals surface area contributed by atoms with E-state index in [4.69, 9.17) is 5.73 Å². The van der Waals surface area contributed by atoms with Crippen LogP contribution in [-0.2, 0) is 0 Å². The molecule has 0 aliphatic heterocycles. The van der Waals surface area contributed by atoms with Gasteiger partial charge in [0.2, 0.25) is 0 Å².